The Balaban J connectivity index is 2.22. The summed E-state index contributed by atoms with van der Waals surface area (Å²) in [6, 6.07) is 5.82. The number of aromatic amines is 1. The summed E-state index contributed by atoms with van der Waals surface area (Å²) < 4.78 is 18.9. The molecule has 0 radical (unpaired) electrons. The van der Waals surface area contributed by atoms with E-state index in [2.05, 4.69) is 9.97 Å². The summed E-state index contributed by atoms with van der Waals surface area (Å²) in [5.41, 5.74) is 1.43. The third-order valence-corrected chi connectivity index (χ3v) is 3.70. The number of carbonyl (C=O) groups excluding carboxylic acids is 2. The average molecular weight is 347 g/mol. The fraction of sp³-hybridized carbons (Fsp3) is 0.118. The van der Waals surface area contributed by atoms with Gasteiger partial charge in [-0.05, 0) is 36.8 Å². The molecule has 0 saturated carbocycles. The quantitative estimate of drug-likeness (QED) is 0.578. The lowest BCUT2D eigenvalue weighted by atomic mass is 10.1. The Labute approximate surface area is 141 Å². The van der Waals surface area contributed by atoms with E-state index in [0.29, 0.717) is 5.52 Å². The van der Waals surface area contributed by atoms with E-state index in [0.717, 1.165) is 11.6 Å². The van der Waals surface area contributed by atoms with E-state index in [1.807, 2.05) is 6.92 Å². The van der Waals surface area contributed by atoms with Crippen molar-refractivity contribution in [2.24, 2.45) is 0 Å². The van der Waals surface area contributed by atoms with Gasteiger partial charge < -0.3 is 9.72 Å². The van der Waals surface area contributed by atoms with Crippen molar-refractivity contribution in [3.05, 3.63) is 58.3 Å². The molecule has 0 bridgehead atoms. The van der Waals surface area contributed by atoms with E-state index in [1.54, 1.807) is 12.1 Å². The Morgan fingerprint density at radius 2 is 2.04 bits per heavy atom. The summed E-state index contributed by atoms with van der Waals surface area (Å²) in [4.78, 5) is 31.0. The van der Waals surface area contributed by atoms with Crippen molar-refractivity contribution in [3.63, 3.8) is 0 Å². The maximum absolute atomic E-state index is 13.8. The molecule has 0 aliphatic carbocycles. The van der Waals surface area contributed by atoms with E-state index in [4.69, 9.17) is 16.3 Å². The fourth-order valence-corrected chi connectivity index (χ4v) is 2.53. The maximum Gasteiger partial charge on any atom is 0.308 e. The van der Waals surface area contributed by atoms with Crippen molar-refractivity contribution in [1.29, 1.82) is 0 Å². The predicted molar refractivity (Wildman–Crippen MR) is 87.0 cm³/mol. The van der Waals surface area contributed by atoms with Gasteiger partial charge in [0.2, 0.25) is 5.78 Å². The maximum atomic E-state index is 13.8. The summed E-state index contributed by atoms with van der Waals surface area (Å²) in [5, 5.41) is 0.147. The number of hydrogen-bond donors (Lipinski definition) is 1. The predicted octanol–water partition coefficient (Wildman–Crippen LogP) is 3.82. The van der Waals surface area contributed by atoms with Crippen LogP contribution in [0.25, 0.3) is 10.9 Å². The Morgan fingerprint density at radius 3 is 2.71 bits per heavy atom. The lowest BCUT2D eigenvalue weighted by Crippen LogP contribution is -2.09. The number of fused-ring (bicyclic) bond motifs is 1. The highest BCUT2D eigenvalue weighted by molar-refractivity contribution is 6.31. The minimum Gasteiger partial charge on any atom is -0.424 e. The van der Waals surface area contributed by atoms with Gasteiger partial charge in [0.05, 0.1) is 10.5 Å². The van der Waals surface area contributed by atoms with E-state index in [-0.39, 0.29) is 27.5 Å². The molecule has 0 spiro atoms. The number of H-pyrrole nitrogens is 1. The first-order chi connectivity index (χ1) is 11.4. The number of ketones is 1. The molecule has 2 aromatic heterocycles. The minimum absolute atomic E-state index is 0.0139. The summed E-state index contributed by atoms with van der Waals surface area (Å²) >= 11 is 5.77. The van der Waals surface area contributed by atoms with Gasteiger partial charge in [-0.2, -0.15) is 0 Å². The molecule has 5 nitrogen and oxygen atoms in total. The second-order valence-electron chi connectivity index (χ2n) is 5.28. The van der Waals surface area contributed by atoms with Crippen molar-refractivity contribution in [2.75, 3.05) is 0 Å². The molecule has 0 atom stereocenters. The molecule has 24 heavy (non-hydrogen) atoms. The van der Waals surface area contributed by atoms with E-state index < -0.39 is 17.6 Å². The van der Waals surface area contributed by atoms with Crippen molar-refractivity contribution >= 4 is 34.3 Å². The molecule has 0 aliphatic rings. The van der Waals surface area contributed by atoms with Crippen molar-refractivity contribution in [3.8, 4) is 5.75 Å². The Hall–Kier alpha value is -2.73. The molecule has 0 fully saturated rings. The van der Waals surface area contributed by atoms with Gasteiger partial charge in [0.1, 0.15) is 17.2 Å². The molecule has 1 aromatic carbocycles. The second-order valence-corrected chi connectivity index (χ2v) is 5.69. The zero-order valence-corrected chi connectivity index (χ0v) is 13.6. The van der Waals surface area contributed by atoms with Crippen LogP contribution >= 0.6 is 11.6 Å². The van der Waals surface area contributed by atoms with Crippen LogP contribution in [0, 0.1) is 12.7 Å². The first-order valence-electron chi connectivity index (χ1n) is 7.03. The molecule has 3 rings (SSSR count). The van der Waals surface area contributed by atoms with E-state index >= 15 is 0 Å². The van der Waals surface area contributed by atoms with Crippen LogP contribution in [0.15, 0.2) is 30.5 Å². The molecule has 0 amide bonds. The number of carbonyl (C=O) groups is 2. The van der Waals surface area contributed by atoms with Gasteiger partial charge in [0.15, 0.2) is 5.75 Å². The Morgan fingerprint density at radius 1 is 1.29 bits per heavy atom. The standard InChI is InChI=1S/C17H12ClFN2O3/c1-8-3-4-20-14(5-8)16(23)15-17(24-9(2)22)10-6-12(19)11(18)7-13(10)21-15/h3-7,21H,1-2H3. The molecule has 2 heterocycles. The van der Waals surface area contributed by atoms with Crippen LogP contribution in [-0.4, -0.2) is 21.7 Å². The molecule has 0 saturated heterocycles. The first kappa shape index (κ1) is 16.1. The highest BCUT2D eigenvalue weighted by atomic mass is 35.5. The Kier molecular flexibility index (Phi) is 4.07. The molecule has 7 heteroatoms. The van der Waals surface area contributed by atoms with Crippen LogP contribution in [-0.2, 0) is 4.79 Å². The number of hydrogen-bond acceptors (Lipinski definition) is 4. The molecule has 1 N–H and O–H groups in total. The summed E-state index contributed by atoms with van der Waals surface area (Å²) in [5.74, 6) is -1.81. The fourth-order valence-electron chi connectivity index (χ4n) is 2.36. The molecular weight excluding hydrogens is 335 g/mol. The van der Waals surface area contributed by atoms with Crippen LogP contribution in [0.2, 0.25) is 5.02 Å². The topological polar surface area (TPSA) is 72.1 Å². The molecule has 122 valence electrons. The van der Waals surface area contributed by atoms with Crippen molar-refractivity contribution in [2.45, 2.75) is 13.8 Å². The molecule has 0 unspecified atom stereocenters. The van der Waals surface area contributed by atoms with Crippen LogP contribution in [0.5, 0.6) is 5.75 Å². The van der Waals surface area contributed by atoms with Crippen LogP contribution in [0.4, 0.5) is 4.39 Å². The first-order valence-corrected chi connectivity index (χ1v) is 7.41. The molecule has 0 aliphatic heterocycles. The van der Waals surface area contributed by atoms with Gasteiger partial charge >= 0.3 is 5.97 Å². The van der Waals surface area contributed by atoms with E-state index in [9.17, 15) is 14.0 Å². The van der Waals surface area contributed by atoms with Crippen LogP contribution < -0.4 is 4.74 Å². The second kappa shape index (κ2) is 6.05. The number of pyridine rings is 1. The van der Waals surface area contributed by atoms with Gasteiger partial charge in [-0.3, -0.25) is 14.6 Å². The van der Waals surface area contributed by atoms with Gasteiger partial charge in [-0.1, -0.05) is 11.6 Å². The highest BCUT2D eigenvalue weighted by Gasteiger charge is 2.24. The normalized spacial score (nSPS) is 10.8. The monoisotopic (exact) mass is 346 g/mol. The number of benzene rings is 1. The summed E-state index contributed by atoms with van der Waals surface area (Å²) in [7, 11) is 0. The number of rotatable bonds is 3. The van der Waals surface area contributed by atoms with Crippen molar-refractivity contribution < 1.29 is 18.7 Å². The minimum atomic E-state index is -0.677. The van der Waals surface area contributed by atoms with Crippen LogP contribution in [0.1, 0.15) is 28.7 Å². The smallest absolute Gasteiger partial charge is 0.308 e. The third kappa shape index (κ3) is 2.88. The lowest BCUT2D eigenvalue weighted by Gasteiger charge is -2.04. The number of aryl methyl sites for hydroxylation is 1. The largest absolute Gasteiger partial charge is 0.424 e. The number of aromatic nitrogens is 2. The molecular formula is C17H12ClFN2O3. The number of nitrogens with zero attached hydrogens (tertiary/aromatic N) is 1. The zero-order chi connectivity index (χ0) is 17.4. The summed E-state index contributed by atoms with van der Waals surface area (Å²) in [6.07, 6.45) is 1.51. The SMILES string of the molecule is CC(=O)Oc1c(C(=O)c2cc(C)ccn2)[nH]c2cc(Cl)c(F)cc12. The lowest BCUT2D eigenvalue weighted by molar-refractivity contribution is -0.131. The summed E-state index contributed by atoms with van der Waals surface area (Å²) in [6.45, 7) is 3.02. The van der Waals surface area contributed by atoms with Gasteiger partial charge in [0, 0.05) is 18.5 Å². The molecule has 3 aromatic rings. The Bertz CT molecular complexity index is 981. The van der Waals surface area contributed by atoms with E-state index in [1.165, 1.54) is 19.2 Å². The number of nitrogens with one attached hydrogen (secondary N) is 1. The van der Waals surface area contributed by atoms with Gasteiger partial charge in [0.25, 0.3) is 0 Å². The van der Waals surface area contributed by atoms with Gasteiger partial charge in [-0.15, -0.1) is 0 Å². The van der Waals surface area contributed by atoms with Gasteiger partial charge in [-0.25, -0.2) is 4.39 Å². The van der Waals surface area contributed by atoms with Crippen molar-refractivity contribution in [1.82, 2.24) is 9.97 Å². The highest BCUT2D eigenvalue weighted by Crippen LogP contribution is 2.34. The number of esters is 1. The third-order valence-electron chi connectivity index (χ3n) is 3.41. The number of halogens is 2. The average Bonchev–Trinajstić information content (AvgIpc) is 2.84. The zero-order valence-electron chi connectivity index (χ0n) is 12.8. The number of ether oxygens (including phenoxy) is 1. The van der Waals surface area contributed by atoms with Crippen LogP contribution in [0.3, 0.4) is 0 Å².